The number of rotatable bonds is 2. The second-order valence-corrected chi connectivity index (χ2v) is 3.81. The fraction of sp³-hybridized carbons (Fsp3) is 0.400. The van der Waals surface area contributed by atoms with Crippen LogP contribution < -0.4 is 10.5 Å². The molecule has 0 aromatic carbocycles. The number of aromatic nitrogens is 3. The van der Waals surface area contributed by atoms with Crippen LogP contribution in [0.3, 0.4) is 0 Å². The first kappa shape index (κ1) is 8.52. The summed E-state index contributed by atoms with van der Waals surface area (Å²) in [5, 5.41) is 4.38. The van der Waals surface area contributed by atoms with Crippen LogP contribution in [0.25, 0.3) is 5.65 Å². The zero-order valence-corrected chi connectivity index (χ0v) is 8.47. The molecule has 2 aromatic rings. The first-order valence-electron chi connectivity index (χ1n) is 4.98. The summed E-state index contributed by atoms with van der Waals surface area (Å²) >= 11 is 0. The van der Waals surface area contributed by atoms with Gasteiger partial charge in [0.2, 0.25) is 0 Å². The lowest BCUT2D eigenvalue weighted by Gasteiger charge is -2.02. The third-order valence-corrected chi connectivity index (χ3v) is 2.66. The van der Waals surface area contributed by atoms with Crippen molar-refractivity contribution >= 4 is 11.5 Å². The van der Waals surface area contributed by atoms with Crippen LogP contribution in [0, 0.1) is 0 Å². The molecule has 1 aliphatic carbocycles. The Hall–Kier alpha value is -1.78. The molecule has 1 fully saturated rings. The molecule has 0 spiro atoms. The van der Waals surface area contributed by atoms with Gasteiger partial charge in [0.25, 0.3) is 0 Å². The van der Waals surface area contributed by atoms with Gasteiger partial charge in [0.15, 0.2) is 17.2 Å². The highest BCUT2D eigenvalue weighted by Crippen LogP contribution is 2.38. The number of methoxy groups -OCH3 is 1. The largest absolute Gasteiger partial charge is 0.493 e. The molecule has 5 heteroatoms. The standard InChI is InChI=1S/C10H12N4O/c1-15-7-4-5-8(11)14-10(7)12-9(13-14)6-2-3-6/h4-6H,2-3,11H2,1H3. The molecule has 0 radical (unpaired) electrons. The molecule has 0 amide bonds. The quantitative estimate of drug-likeness (QED) is 0.798. The van der Waals surface area contributed by atoms with Crippen molar-refractivity contribution in [1.29, 1.82) is 0 Å². The number of nitrogen functional groups attached to an aromatic ring is 1. The molecule has 0 atom stereocenters. The second-order valence-electron chi connectivity index (χ2n) is 3.81. The van der Waals surface area contributed by atoms with E-state index in [9.17, 15) is 0 Å². The maximum absolute atomic E-state index is 5.82. The van der Waals surface area contributed by atoms with Crippen molar-refractivity contribution in [3.63, 3.8) is 0 Å². The summed E-state index contributed by atoms with van der Waals surface area (Å²) < 4.78 is 6.86. The van der Waals surface area contributed by atoms with Crippen molar-refractivity contribution in [2.45, 2.75) is 18.8 Å². The van der Waals surface area contributed by atoms with E-state index in [0.29, 0.717) is 23.1 Å². The van der Waals surface area contributed by atoms with Crippen molar-refractivity contribution in [2.24, 2.45) is 0 Å². The number of nitrogens with two attached hydrogens (primary N) is 1. The van der Waals surface area contributed by atoms with Gasteiger partial charge in [-0.1, -0.05) is 0 Å². The molecule has 78 valence electrons. The van der Waals surface area contributed by atoms with Crippen molar-refractivity contribution in [3.8, 4) is 5.75 Å². The van der Waals surface area contributed by atoms with Crippen LogP contribution in [0.15, 0.2) is 12.1 Å². The highest BCUT2D eigenvalue weighted by molar-refractivity contribution is 5.58. The Kier molecular flexibility index (Phi) is 1.62. The minimum atomic E-state index is 0.522. The highest BCUT2D eigenvalue weighted by atomic mass is 16.5. The molecule has 5 nitrogen and oxygen atoms in total. The number of fused-ring (bicyclic) bond motifs is 1. The first-order chi connectivity index (χ1) is 7.29. The van der Waals surface area contributed by atoms with E-state index < -0.39 is 0 Å². The Labute approximate surface area is 86.9 Å². The van der Waals surface area contributed by atoms with Gasteiger partial charge >= 0.3 is 0 Å². The van der Waals surface area contributed by atoms with Crippen molar-refractivity contribution in [1.82, 2.24) is 14.6 Å². The minimum Gasteiger partial charge on any atom is -0.493 e. The van der Waals surface area contributed by atoms with Crippen LogP contribution in [0.1, 0.15) is 24.6 Å². The lowest BCUT2D eigenvalue weighted by atomic mass is 10.4. The van der Waals surface area contributed by atoms with E-state index in [-0.39, 0.29) is 0 Å². The molecule has 0 unspecified atom stereocenters. The summed E-state index contributed by atoms with van der Waals surface area (Å²) in [7, 11) is 1.62. The third kappa shape index (κ3) is 1.23. The maximum atomic E-state index is 5.82. The van der Waals surface area contributed by atoms with Crippen LogP contribution in [0.4, 0.5) is 5.82 Å². The SMILES string of the molecule is COc1ccc(N)n2nc(C3CC3)nc12. The van der Waals surface area contributed by atoms with Gasteiger partial charge < -0.3 is 10.5 Å². The Balaban J connectivity index is 2.25. The number of ether oxygens (including phenoxy) is 1. The van der Waals surface area contributed by atoms with Gasteiger partial charge in [-0.05, 0) is 25.0 Å². The van der Waals surface area contributed by atoms with Crippen LogP contribution in [0.5, 0.6) is 5.75 Å². The summed E-state index contributed by atoms with van der Waals surface area (Å²) in [6.45, 7) is 0. The third-order valence-electron chi connectivity index (χ3n) is 2.66. The lowest BCUT2D eigenvalue weighted by Crippen LogP contribution is -1.99. The summed E-state index contributed by atoms with van der Waals surface area (Å²) in [6.07, 6.45) is 2.36. The molecule has 0 aliphatic heterocycles. The van der Waals surface area contributed by atoms with E-state index in [1.54, 1.807) is 17.7 Å². The Morgan fingerprint density at radius 2 is 2.27 bits per heavy atom. The normalized spacial score (nSPS) is 15.8. The molecule has 2 aromatic heterocycles. The number of nitrogens with zero attached hydrogens (tertiary/aromatic N) is 3. The molecule has 15 heavy (non-hydrogen) atoms. The van der Waals surface area contributed by atoms with Gasteiger partial charge in [-0.2, -0.15) is 4.52 Å². The average molecular weight is 204 g/mol. The first-order valence-corrected chi connectivity index (χ1v) is 4.98. The fourth-order valence-electron chi connectivity index (χ4n) is 1.65. The molecular weight excluding hydrogens is 192 g/mol. The van der Waals surface area contributed by atoms with E-state index in [0.717, 1.165) is 5.82 Å². The monoisotopic (exact) mass is 204 g/mol. The van der Waals surface area contributed by atoms with E-state index in [4.69, 9.17) is 10.5 Å². The fourth-order valence-corrected chi connectivity index (χ4v) is 1.65. The lowest BCUT2D eigenvalue weighted by molar-refractivity contribution is 0.416. The van der Waals surface area contributed by atoms with Gasteiger partial charge in [-0.15, -0.1) is 5.10 Å². The number of pyridine rings is 1. The van der Waals surface area contributed by atoms with Crippen LogP contribution >= 0.6 is 0 Å². The molecule has 2 N–H and O–H groups in total. The molecule has 1 saturated carbocycles. The second kappa shape index (κ2) is 2.85. The molecular formula is C10H12N4O. The minimum absolute atomic E-state index is 0.522. The average Bonchev–Trinajstić information content (AvgIpc) is 2.99. The summed E-state index contributed by atoms with van der Waals surface area (Å²) in [5.41, 5.74) is 6.53. The van der Waals surface area contributed by atoms with Gasteiger partial charge in [0, 0.05) is 5.92 Å². The highest BCUT2D eigenvalue weighted by Gasteiger charge is 2.28. The summed E-state index contributed by atoms with van der Waals surface area (Å²) in [5.74, 6) is 2.70. The molecule has 3 rings (SSSR count). The zero-order valence-electron chi connectivity index (χ0n) is 8.47. The summed E-state index contributed by atoms with van der Waals surface area (Å²) in [4.78, 5) is 4.45. The van der Waals surface area contributed by atoms with Crippen molar-refractivity contribution < 1.29 is 4.74 Å². The van der Waals surface area contributed by atoms with E-state index >= 15 is 0 Å². The van der Waals surface area contributed by atoms with Gasteiger partial charge in [0.1, 0.15) is 5.82 Å². The van der Waals surface area contributed by atoms with E-state index in [1.165, 1.54) is 12.8 Å². The van der Waals surface area contributed by atoms with Crippen molar-refractivity contribution in [2.75, 3.05) is 12.8 Å². The Morgan fingerprint density at radius 1 is 1.47 bits per heavy atom. The molecule has 2 heterocycles. The van der Waals surface area contributed by atoms with Crippen molar-refractivity contribution in [3.05, 3.63) is 18.0 Å². The predicted molar refractivity (Wildman–Crippen MR) is 55.9 cm³/mol. The number of hydrogen-bond acceptors (Lipinski definition) is 4. The molecule has 1 aliphatic rings. The van der Waals surface area contributed by atoms with Crippen LogP contribution in [-0.4, -0.2) is 21.7 Å². The van der Waals surface area contributed by atoms with Gasteiger partial charge in [-0.25, -0.2) is 4.98 Å². The predicted octanol–water partition coefficient (Wildman–Crippen LogP) is 1.20. The number of hydrogen-bond donors (Lipinski definition) is 1. The summed E-state index contributed by atoms with van der Waals surface area (Å²) in [6, 6.07) is 3.59. The van der Waals surface area contributed by atoms with Crippen LogP contribution in [-0.2, 0) is 0 Å². The zero-order chi connectivity index (χ0) is 10.4. The van der Waals surface area contributed by atoms with Gasteiger partial charge in [0.05, 0.1) is 7.11 Å². The molecule has 0 saturated heterocycles. The smallest absolute Gasteiger partial charge is 0.200 e. The van der Waals surface area contributed by atoms with Crippen LogP contribution in [0.2, 0.25) is 0 Å². The Bertz CT molecular complexity index is 515. The van der Waals surface area contributed by atoms with E-state index in [2.05, 4.69) is 10.1 Å². The van der Waals surface area contributed by atoms with E-state index in [1.807, 2.05) is 6.07 Å². The topological polar surface area (TPSA) is 65.4 Å². The Morgan fingerprint density at radius 3 is 2.93 bits per heavy atom. The number of anilines is 1. The molecule has 0 bridgehead atoms. The maximum Gasteiger partial charge on any atom is 0.200 e. The van der Waals surface area contributed by atoms with Gasteiger partial charge in [-0.3, -0.25) is 0 Å².